The van der Waals surface area contributed by atoms with Gasteiger partial charge in [-0.1, -0.05) is 25.6 Å². The van der Waals surface area contributed by atoms with Crippen molar-refractivity contribution in [3.8, 4) is 11.5 Å². The van der Waals surface area contributed by atoms with Crippen molar-refractivity contribution in [2.75, 3.05) is 0 Å². The van der Waals surface area contributed by atoms with Crippen LogP contribution in [0.5, 0.6) is 0 Å². The monoisotopic (exact) mass is 327 g/mol. The van der Waals surface area contributed by atoms with Gasteiger partial charge in [0, 0.05) is 30.5 Å². The maximum atomic E-state index is 13.7. The molecule has 0 fully saturated rings. The van der Waals surface area contributed by atoms with E-state index >= 15 is 0 Å². The molecule has 0 aliphatic heterocycles. The molecule has 0 saturated heterocycles. The Bertz CT molecular complexity index is 712. The lowest BCUT2D eigenvalue weighted by molar-refractivity contribution is 0.509. The molecule has 0 saturated carbocycles. The van der Waals surface area contributed by atoms with Crippen LogP contribution in [0.3, 0.4) is 0 Å². The highest BCUT2D eigenvalue weighted by atomic mass is 28.3. The van der Waals surface area contributed by atoms with Crippen molar-refractivity contribution in [3.05, 3.63) is 59.4 Å². The number of nitrogens with zero attached hydrogens (tertiary/aromatic N) is 2. The normalized spacial score (nSPS) is 12.4. The summed E-state index contributed by atoms with van der Waals surface area (Å²) in [5, 5.41) is 3.24. The Labute approximate surface area is 138 Å². The molecule has 1 atom stereocenters. The van der Waals surface area contributed by atoms with E-state index in [0.29, 0.717) is 12.2 Å². The van der Waals surface area contributed by atoms with Gasteiger partial charge < -0.3 is 5.32 Å². The first-order valence-corrected chi connectivity index (χ1v) is 11.2. The SMILES string of the molecule is CC(NCc1ccc(C#C[Si](C)(C)C)cn1)c1ncccc1F. The zero-order chi connectivity index (χ0) is 16.9. The maximum absolute atomic E-state index is 13.7. The molecule has 0 radical (unpaired) electrons. The van der Waals surface area contributed by atoms with E-state index in [1.54, 1.807) is 18.5 Å². The summed E-state index contributed by atoms with van der Waals surface area (Å²) in [6.45, 7) is 9.08. The van der Waals surface area contributed by atoms with E-state index in [0.717, 1.165) is 11.3 Å². The zero-order valence-electron chi connectivity index (χ0n) is 14.0. The molecule has 0 aliphatic carbocycles. The fourth-order valence-corrected chi connectivity index (χ4v) is 2.45. The molecule has 0 bridgehead atoms. The molecule has 2 aromatic rings. The standard InChI is InChI=1S/C18H22FN3Si/c1-14(18-17(19)6-5-10-20-18)21-13-16-8-7-15(12-22-16)9-11-23(2,3)4/h5-8,10,12,14,21H,13H2,1-4H3. The van der Waals surface area contributed by atoms with E-state index in [4.69, 9.17) is 0 Å². The Morgan fingerprint density at radius 1 is 1.22 bits per heavy atom. The second-order valence-corrected chi connectivity index (χ2v) is 11.3. The van der Waals surface area contributed by atoms with Crippen LogP contribution in [0, 0.1) is 17.3 Å². The summed E-state index contributed by atoms with van der Waals surface area (Å²) in [5.74, 6) is 2.89. The topological polar surface area (TPSA) is 37.8 Å². The van der Waals surface area contributed by atoms with E-state index in [-0.39, 0.29) is 11.9 Å². The minimum absolute atomic E-state index is 0.177. The van der Waals surface area contributed by atoms with Gasteiger partial charge in [-0.25, -0.2) is 4.39 Å². The van der Waals surface area contributed by atoms with E-state index < -0.39 is 8.07 Å². The van der Waals surface area contributed by atoms with Crippen molar-refractivity contribution in [1.82, 2.24) is 15.3 Å². The van der Waals surface area contributed by atoms with Crippen molar-refractivity contribution < 1.29 is 4.39 Å². The average molecular weight is 327 g/mol. The van der Waals surface area contributed by atoms with Crippen LogP contribution in [-0.2, 0) is 6.54 Å². The Hall–Kier alpha value is -2.03. The van der Waals surface area contributed by atoms with Gasteiger partial charge in [-0.3, -0.25) is 9.97 Å². The molecule has 3 nitrogen and oxygen atoms in total. The maximum Gasteiger partial charge on any atom is 0.146 e. The molecule has 2 aromatic heterocycles. The molecule has 2 heterocycles. The van der Waals surface area contributed by atoms with Gasteiger partial charge in [-0.2, -0.15) is 0 Å². The van der Waals surface area contributed by atoms with Crippen molar-refractivity contribution in [1.29, 1.82) is 0 Å². The summed E-state index contributed by atoms with van der Waals surface area (Å²) in [5.41, 5.74) is 5.57. The molecule has 0 spiro atoms. The second-order valence-electron chi connectivity index (χ2n) is 6.51. The summed E-state index contributed by atoms with van der Waals surface area (Å²) in [6, 6.07) is 6.76. The summed E-state index contributed by atoms with van der Waals surface area (Å²) >= 11 is 0. The summed E-state index contributed by atoms with van der Waals surface area (Å²) in [7, 11) is -1.37. The summed E-state index contributed by atoms with van der Waals surface area (Å²) in [4.78, 5) is 8.48. The molecule has 5 heteroatoms. The van der Waals surface area contributed by atoms with Crippen LogP contribution in [0.2, 0.25) is 19.6 Å². The molecule has 1 unspecified atom stereocenters. The lowest BCUT2D eigenvalue weighted by Crippen LogP contribution is -2.20. The molecule has 0 amide bonds. The average Bonchev–Trinajstić information content (AvgIpc) is 2.51. The second kappa shape index (κ2) is 7.49. The van der Waals surface area contributed by atoms with Crippen LogP contribution < -0.4 is 5.32 Å². The van der Waals surface area contributed by atoms with Crippen molar-refractivity contribution in [3.63, 3.8) is 0 Å². The van der Waals surface area contributed by atoms with Gasteiger partial charge in [-0.15, -0.1) is 5.54 Å². The highest BCUT2D eigenvalue weighted by molar-refractivity contribution is 6.83. The van der Waals surface area contributed by atoms with Crippen LogP contribution in [0.4, 0.5) is 4.39 Å². The van der Waals surface area contributed by atoms with Gasteiger partial charge in [0.1, 0.15) is 13.9 Å². The van der Waals surface area contributed by atoms with Gasteiger partial charge in [0.15, 0.2) is 0 Å². The smallest absolute Gasteiger partial charge is 0.146 e. The Morgan fingerprint density at radius 2 is 2.00 bits per heavy atom. The number of hydrogen-bond donors (Lipinski definition) is 1. The minimum atomic E-state index is -1.37. The van der Waals surface area contributed by atoms with E-state index in [1.807, 2.05) is 19.1 Å². The third kappa shape index (κ3) is 5.59. The Balaban J connectivity index is 1.96. The van der Waals surface area contributed by atoms with Crippen LogP contribution in [0.1, 0.15) is 29.9 Å². The molecular weight excluding hydrogens is 305 g/mol. The van der Waals surface area contributed by atoms with Crippen molar-refractivity contribution >= 4 is 8.07 Å². The third-order valence-electron chi connectivity index (χ3n) is 3.19. The van der Waals surface area contributed by atoms with E-state index in [2.05, 4.69) is 46.4 Å². The minimum Gasteiger partial charge on any atom is -0.303 e. The lowest BCUT2D eigenvalue weighted by Gasteiger charge is -2.13. The fraction of sp³-hybridized carbons (Fsp3) is 0.333. The largest absolute Gasteiger partial charge is 0.303 e. The summed E-state index contributed by atoms with van der Waals surface area (Å²) in [6.07, 6.45) is 3.39. The van der Waals surface area contributed by atoms with Crippen LogP contribution >= 0.6 is 0 Å². The molecule has 0 aliphatic rings. The summed E-state index contributed by atoms with van der Waals surface area (Å²) < 4.78 is 13.7. The number of hydrogen-bond acceptors (Lipinski definition) is 3. The van der Waals surface area contributed by atoms with Gasteiger partial charge in [0.2, 0.25) is 0 Å². The van der Waals surface area contributed by atoms with E-state index in [1.165, 1.54) is 6.07 Å². The number of aromatic nitrogens is 2. The van der Waals surface area contributed by atoms with Gasteiger partial charge in [-0.05, 0) is 31.2 Å². The van der Waals surface area contributed by atoms with Crippen molar-refractivity contribution in [2.24, 2.45) is 0 Å². The van der Waals surface area contributed by atoms with Gasteiger partial charge in [0.05, 0.1) is 11.4 Å². The molecule has 120 valence electrons. The van der Waals surface area contributed by atoms with E-state index in [9.17, 15) is 4.39 Å². The Kier molecular flexibility index (Phi) is 5.64. The molecular formula is C18H22FN3Si. The molecule has 2 rings (SSSR count). The Morgan fingerprint density at radius 3 is 2.61 bits per heavy atom. The van der Waals surface area contributed by atoms with Crippen LogP contribution in [0.25, 0.3) is 0 Å². The zero-order valence-corrected chi connectivity index (χ0v) is 15.0. The number of nitrogens with one attached hydrogen (secondary N) is 1. The molecule has 23 heavy (non-hydrogen) atoms. The number of pyridine rings is 2. The first-order chi connectivity index (χ1) is 10.8. The first kappa shape index (κ1) is 17.3. The molecule has 1 N–H and O–H groups in total. The first-order valence-electron chi connectivity index (χ1n) is 7.67. The fourth-order valence-electron chi connectivity index (χ4n) is 1.93. The third-order valence-corrected chi connectivity index (χ3v) is 4.07. The van der Waals surface area contributed by atoms with Gasteiger partial charge >= 0.3 is 0 Å². The predicted octanol–water partition coefficient (Wildman–Crippen LogP) is 3.70. The number of halogens is 1. The van der Waals surface area contributed by atoms with Gasteiger partial charge in [0.25, 0.3) is 0 Å². The highest BCUT2D eigenvalue weighted by Gasteiger charge is 2.11. The van der Waals surface area contributed by atoms with Crippen LogP contribution in [0.15, 0.2) is 36.7 Å². The predicted molar refractivity (Wildman–Crippen MR) is 93.9 cm³/mol. The lowest BCUT2D eigenvalue weighted by atomic mass is 10.2. The number of rotatable bonds is 4. The van der Waals surface area contributed by atoms with Crippen molar-refractivity contribution in [2.45, 2.75) is 39.2 Å². The highest BCUT2D eigenvalue weighted by Crippen LogP contribution is 2.13. The molecule has 0 aromatic carbocycles. The quantitative estimate of drug-likeness (QED) is 0.687. The van der Waals surface area contributed by atoms with Crippen LogP contribution in [-0.4, -0.2) is 18.0 Å².